The van der Waals surface area contributed by atoms with E-state index in [2.05, 4.69) is 0 Å². The fourth-order valence-electron chi connectivity index (χ4n) is 0.732. The van der Waals surface area contributed by atoms with Gasteiger partial charge in [0.2, 0.25) is 0 Å². The fourth-order valence-corrected chi connectivity index (χ4v) is 0.732. The van der Waals surface area contributed by atoms with Crippen LogP contribution in [-0.2, 0) is 4.79 Å². The third kappa shape index (κ3) is 4.34. The third-order valence-corrected chi connectivity index (χ3v) is 1.22. The van der Waals surface area contributed by atoms with Crippen LogP contribution >= 0.6 is 0 Å². The molecule has 0 aromatic heterocycles. The minimum atomic E-state index is -0.922. The minimum absolute atomic E-state index is 0. The molecule has 1 aromatic carbocycles. The maximum absolute atomic E-state index is 10.1. The molecule has 1 N–H and O–H groups in total. The third-order valence-electron chi connectivity index (χ3n) is 1.22. The largest absolute Gasteiger partial charge is 0.478 e. The van der Waals surface area contributed by atoms with Gasteiger partial charge in [-0.05, 0) is 11.6 Å². The van der Waals surface area contributed by atoms with Crippen LogP contribution < -0.4 is 0 Å². The van der Waals surface area contributed by atoms with E-state index in [0.29, 0.717) is 0 Å². The van der Waals surface area contributed by atoms with Crippen molar-refractivity contribution >= 4 is 41.6 Å². The van der Waals surface area contributed by atoms with Crippen LogP contribution in [0.1, 0.15) is 5.56 Å². The van der Waals surface area contributed by atoms with Crippen LogP contribution in [0.15, 0.2) is 36.4 Å². The number of aliphatic carboxylic acids is 1. The molecule has 0 saturated carbocycles. The Labute approximate surface area is 93.2 Å². The molecule has 0 bridgehead atoms. The molecule has 57 valence electrons. The molecule has 0 heterocycles. The molecule has 2 nitrogen and oxygen atoms in total. The molecular formula is C9H8NaO2. The van der Waals surface area contributed by atoms with Crippen molar-refractivity contribution in [3.05, 3.63) is 42.0 Å². The first-order chi connectivity index (χ1) is 5.29. The first-order valence-corrected chi connectivity index (χ1v) is 3.25. The Balaban J connectivity index is 0.00000121. The van der Waals surface area contributed by atoms with Crippen LogP contribution in [0.2, 0.25) is 0 Å². The van der Waals surface area contributed by atoms with Crippen molar-refractivity contribution in [3.63, 3.8) is 0 Å². The molecule has 0 fully saturated rings. The predicted molar refractivity (Wildman–Crippen MR) is 48.9 cm³/mol. The Bertz CT molecular complexity index is 267. The molecule has 0 aliphatic carbocycles. The number of carbonyl (C=O) groups is 1. The summed E-state index contributed by atoms with van der Waals surface area (Å²) in [5, 5.41) is 8.29. The van der Waals surface area contributed by atoms with E-state index in [4.69, 9.17) is 5.11 Å². The van der Waals surface area contributed by atoms with E-state index in [-0.39, 0.29) is 29.6 Å². The Morgan fingerprint density at radius 2 is 1.83 bits per heavy atom. The summed E-state index contributed by atoms with van der Waals surface area (Å²) in [6, 6.07) is 9.31. The van der Waals surface area contributed by atoms with E-state index >= 15 is 0 Å². The van der Waals surface area contributed by atoms with Gasteiger partial charge in [0, 0.05) is 35.6 Å². The van der Waals surface area contributed by atoms with Crippen molar-refractivity contribution in [2.75, 3.05) is 0 Å². The Hall–Kier alpha value is -0.570. The first-order valence-electron chi connectivity index (χ1n) is 3.25. The molecule has 0 unspecified atom stereocenters. The molecule has 12 heavy (non-hydrogen) atoms. The normalized spacial score (nSPS) is 9.33. The van der Waals surface area contributed by atoms with Gasteiger partial charge in [-0.3, -0.25) is 0 Å². The van der Waals surface area contributed by atoms with Crippen LogP contribution in [0.5, 0.6) is 0 Å². The van der Waals surface area contributed by atoms with Gasteiger partial charge in [-0.2, -0.15) is 0 Å². The molecular weight excluding hydrogens is 163 g/mol. The van der Waals surface area contributed by atoms with E-state index in [9.17, 15) is 4.79 Å². The van der Waals surface area contributed by atoms with Crippen LogP contribution in [0.3, 0.4) is 0 Å². The van der Waals surface area contributed by atoms with E-state index in [1.165, 1.54) is 0 Å². The van der Waals surface area contributed by atoms with Crippen molar-refractivity contribution in [1.29, 1.82) is 0 Å². The monoisotopic (exact) mass is 171 g/mol. The van der Waals surface area contributed by atoms with Gasteiger partial charge in [0.05, 0.1) is 0 Å². The number of rotatable bonds is 2. The molecule has 0 saturated heterocycles. The summed E-state index contributed by atoms with van der Waals surface area (Å²) in [4.78, 5) is 10.1. The number of carboxylic acids is 1. The summed E-state index contributed by atoms with van der Waals surface area (Å²) in [5.41, 5.74) is 0.898. The summed E-state index contributed by atoms with van der Waals surface area (Å²) in [7, 11) is 0. The van der Waals surface area contributed by atoms with Gasteiger partial charge < -0.3 is 5.11 Å². The van der Waals surface area contributed by atoms with E-state index in [0.717, 1.165) is 11.6 Å². The molecule has 0 amide bonds. The summed E-state index contributed by atoms with van der Waals surface area (Å²) in [5.74, 6) is -0.922. The van der Waals surface area contributed by atoms with Gasteiger partial charge in [-0.1, -0.05) is 30.3 Å². The maximum Gasteiger partial charge on any atom is 0.328 e. The van der Waals surface area contributed by atoms with Crippen molar-refractivity contribution < 1.29 is 9.90 Å². The summed E-state index contributed by atoms with van der Waals surface area (Å²) < 4.78 is 0. The Kier molecular flexibility index (Phi) is 5.72. The van der Waals surface area contributed by atoms with Crippen LogP contribution in [0.25, 0.3) is 6.08 Å². The van der Waals surface area contributed by atoms with Crippen LogP contribution in [0, 0.1) is 0 Å². The quantitative estimate of drug-likeness (QED) is 0.539. The number of carboxylic acid groups (broad SMARTS) is 1. The smallest absolute Gasteiger partial charge is 0.328 e. The molecule has 0 aliphatic rings. The van der Waals surface area contributed by atoms with Gasteiger partial charge >= 0.3 is 5.97 Å². The predicted octanol–water partition coefficient (Wildman–Crippen LogP) is 1.40. The first kappa shape index (κ1) is 11.4. The van der Waals surface area contributed by atoms with E-state index < -0.39 is 5.97 Å². The Morgan fingerprint density at radius 3 is 2.33 bits per heavy atom. The second-order valence-corrected chi connectivity index (χ2v) is 2.08. The minimum Gasteiger partial charge on any atom is -0.478 e. The van der Waals surface area contributed by atoms with Crippen LogP contribution in [0.4, 0.5) is 0 Å². The van der Waals surface area contributed by atoms with Gasteiger partial charge in [0.25, 0.3) is 0 Å². The second-order valence-electron chi connectivity index (χ2n) is 2.08. The van der Waals surface area contributed by atoms with Crippen LogP contribution in [-0.4, -0.2) is 40.6 Å². The summed E-state index contributed by atoms with van der Waals surface area (Å²) >= 11 is 0. The zero-order valence-corrected chi connectivity index (χ0v) is 8.90. The van der Waals surface area contributed by atoms with Gasteiger partial charge in [-0.15, -0.1) is 0 Å². The molecule has 1 radical (unpaired) electrons. The Morgan fingerprint density at radius 1 is 1.25 bits per heavy atom. The van der Waals surface area contributed by atoms with Crippen molar-refractivity contribution in [1.82, 2.24) is 0 Å². The molecule has 0 spiro atoms. The standard InChI is InChI=1S/C9H8O2.Na/c10-9(11)7-6-8-4-2-1-3-5-8;/h1-7H,(H,10,11);. The number of benzene rings is 1. The topological polar surface area (TPSA) is 37.3 Å². The zero-order valence-electron chi connectivity index (χ0n) is 6.90. The summed E-state index contributed by atoms with van der Waals surface area (Å²) in [6.45, 7) is 0. The van der Waals surface area contributed by atoms with Crippen molar-refractivity contribution in [3.8, 4) is 0 Å². The van der Waals surface area contributed by atoms with Gasteiger partial charge in [0.15, 0.2) is 0 Å². The SMILES string of the molecule is O=C(O)C=Cc1ccccc1.[Na]. The fraction of sp³-hybridized carbons (Fsp3) is 0. The van der Waals surface area contributed by atoms with Crippen molar-refractivity contribution in [2.45, 2.75) is 0 Å². The maximum atomic E-state index is 10.1. The average molecular weight is 171 g/mol. The van der Waals surface area contributed by atoms with E-state index in [1.807, 2.05) is 30.3 Å². The van der Waals surface area contributed by atoms with Gasteiger partial charge in [0.1, 0.15) is 0 Å². The molecule has 1 aromatic rings. The molecule has 0 aliphatic heterocycles. The molecule has 3 heteroatoms. The molecule has 0 atom stereocenters. The van der Waals surface area contributed by atoms with E-state index in [1.54, 1.807) is 6.08 Å². The average Bonchev–Trinajstić information content (AvgIpc) is 2.03. The van der Waals surface area contributed by atoms with Gasteiger partial charge in [-0.25, -0.2) is 4.79 Å². The zero-order chi connectivity index (χ0) is 8.10. The second kappa shape index (κ2) is 6.00. The number of hydrogen-bond acceptors (Lipinski definition) is 1. The van der Waals surface area contributed by atoms with Crippen molar-refractivity contribution in [2.24, 2.45) is 0 Å². The summed E-state index contributed by atoms with van der Waals surface area (Å²) in [6.07, 6.45) is 2.68. The molecule has 1 rings (SSSR count). The number of hydrogen-bond donors (Lipinski definition) is 1.